The van der Waals surface area contributed by atoms with Crippen LogP contribution in [0.4, 0.5) is 0 Å². The van der Waals surface area contributed by atoms with E-state index in [4.69, 9.17) is 10.5 Å². The van der Waals surface area contributed by atoms with Crippen LogP contribution in [0.3, 0.4) is 0 Å². The fraction of sp³-hybridized carbons (Fsp3) is 0.848. The summed E-state index contributed by atoms with van der Waals surface area (Å²) in [6.07, 6.45) is 8.08. The zero-order valence-electron chi connectivity index (χ0n) is 25.8. The number of hydrogen-bond acceptors (Lipinski definition) is 6. The molecule has 0 radical (unpaired) electrons. The van der Waals surface area contributed by atoms with Crippen molar-refractivity contribution in [2.24, 2.45) is 51.1 Å². The molecule has 2 N–H and O–H groups in total. The number of primary amides is 1. The molecule has 41 heavy (non-hydrogen) atoms. The Kier molecular flexibility index (Phi) is 7.83. The smallest absolute Gasteiger partial charge is 0.285 e. The van der Waals surface area contributed by atoms with Crippen LogP contribution in [0, 0.1) is 45.3 Å². The van der Waals surface area contributed by atoms with Gasteiger partial charge in [0.05, 0.1) is 19.3 Å². The van der Waals surface area contributed by atoms with E-state index in [1.807, 2.05) is 20.8 Å². The molecule has 0 aromatic rings. The van der Waals surface area contributed by atoms with Gasteiger partial charge in [-0.05, 0) is 47.8 Å². The Morgan fingerprint density at radius 2 is 1.61 bits per heavy atom. The zero-order chi connectivity index (χ0) is 30.0. The summed E-state index contributed by atoms with van der Waals surface area (Å²) in [5, 5.41) is 0. The predicted molar refractivity (Wildman–Crippen MR) is 153 cm³/mol. The van der Waals surface area contributed by atoms with Gasteiger partial charge in [0.25, 0.3) is 5.91 Å². The molecule has 1 unspecified atom stereocenters. The summed E-state index contributed by atoms with van der Waals surface area (Å²) in [6, 6.07) is -0.647. The van der Waals surface area contributed by atoms with Crippen molar-refractivity contribution in [2.45, 2.75) is 111 Å². The molecule has 2 saturated heterocycles. The van der Waals surface area contributed by atoms with Crippen LogP contribution in [0.15, 0.2) is 0 Å². The fourth-order valence-corrected chi connectivity index (χ4v) is 9.11. The highest BCUT2D eigenvalue weighted by molar-refractivity contribution is 6.36. The molecule has 3 aliphatic carbocycles. The molecule has 5 rings (SSSR count). The number of nitrogens with two attached hydrogens (primary N) is 1. The van der Waals surface area contributed by atoms with E-state index in [1.54, 1.807) is 4.90 Å². The van der Waals surface area contributed by atoms with Crippen molar-refractivity contribution in [3.05, 3.63) is 0 Å². The highest BCUT2D eigenvalue weighted by Crippen LogP contribution is 2.88. The lowest BCUT2D eigenvalue weighted by Crippen LogP contribution is -2.48. The minimum absolute atomic E-state index is 0.0114. The number of rotatable bonds is 12. The van der Waals surface area contributed by atoms with E-state index in [2.05, 4.69) is 13.8 Å². The number of Topliss-reactive ketones (excluding diaryl/α,β-unsaturated/α-hetero) is 3. The molecule has 0 aromatic heterocycles. The third kappa shape index (κ3) is 5.00. The fourth-order valence-electron chi connectivity index (χ4n) is 9.11. The standard InChI is InChI=1S/C33H50N2O6/c1-30(2,3)24(15-23(36)13-21-17-41-18-21)29(40)35-19-33(31(4,5)32(33)10-7-11-32)16-25(35)26(37)14-22(27(38)28(34)39)12-20-8-6-9-20/h20-22,24-25H,6-19H2,1-5H3,(H2,34,39)/t22?,24-,25+,33-/m1/s1. The van der Waals surface area contributed by atoms with E-state index in [0.29, 0.717) is 44.9 Å². The highest BCUT2D eigenvalue weighted by Gasteiger charge is 2.85. The van der Waals surface area contributed by atoms with Gasteiger partial charge in [-0.3, -0.25) is 24.0 Å². The van der Waals surface area contributed by atoms with Crippen molar-refractivity contribution in [2.75, 3.05) is 19.8 Å². The van der Waals surface area contributed by atoms with Crippen LogP contribution in [0.25, 0.3) is 0 Å². The molecule has 0 aromatic carbocycles. The number of hydrogen-bond donors (Lipinski definition) is 1. The van der Waals surface area contributed by atoms with Crippen LogP contribution < -0.4 is 5.73 Å². The molecular weight excluding hydrogens is 520 g/mol. The Balaban J connectivity index is 1.40. The number of nitrogens with zero attached hydrogens (tertiary/aromatic N) is 1. The van der Waals surface area contributed by atoms with Gasteiger partial charge in [-0.15, -0.1) is 0 Å². The van der Waals surface area contributed by atoms with Gasteiger partial charge in [0.1, 0.15) is 5.78 Å². The van der Waals surface area contributed by atoms with Gasteiger partial charge in [-0.1, -0.05) is 60.3 Å². The topological polar surface area (TPSA) is 124 Å². The first kappa shape index (κ1) is 30.4. The highest BCUT2D eigenvalue weighted by atomic mass is 16.5. The third-order valence-electron chi connectivity index (χ3n) is 12.4. The van der Waals surface area contributed by atoms with Crippen LogP contribution in [0.5, 0.6) is 0 Å². The van der Waals surface area contributed by atoms with Gasteiger partial charge < -0.3 is 15.4 Å². The van der Waals surface area contributed by atoms with Crippen molar-refractivity contribution >= 4 is 29.2 Å². The van der Waals surface area contributed by atoms with E-state index in [0.717, 1.165) is 38.5 Å². The predicted octanol–water partition coefficient (Wildman–Crippen LogP) is 4.26. The normalized spacial score (nSPS) is 29.8. The maximum atomic E-state index is 14.5. The Labute approximate surface area is 244 Å². The summed E-state index contributed by atoms with van der Waals surface area (Å²) >= 11 is 0. The zero-order valence-corrected chi connectivity index (χ0v) is 25.8. The Morgan fingerprint density at radius 1 is 0.951 bits per heavy atom. The average molecular weight is 571 g/mol. The van der Waals surface area contributed by atoms with Crippen molar-refractivity contribution in [1.82, 2.24) is 4.90 Å². The average Bonchev–Trinajstić information content (AvgIpc) is 3.05. The number of fused-ring (bicyclic) bond motifs is 1. The molecule has 8 nitrogen and oxygen atoms in total. The molecule has 8 heteroatoms. The monoisotopic (exact) mass is 570 g/mol. The van der Waals surface area contributed by atoms with Gasteiger partial charge in [0, 0.05) is 49.0 Å². The molecule has 0 bridgehead atoms. The Hall–Kier alpha value is -2.09. The molecular formula is C33H50N2O6. The number of carbonyl (C=O) groups excluding carboxylic acids is 5. The van der Waals surface area contributed by atoms with E-state index >= 15 is 0 Å². The first-order valence-electron chi connectivity index (χ1n) is 15.9. The molecule has 3 saturated carbocycles. The molecule has 2 amide bonds. The van der Waals surface area contributed by atoms with Crippen LogP contribution >= 0.6 is 0 Å². The molecule has 2 heterocycles. The second-order valence-electron chi connectivity index (χ2n) is 15.7. The lowest BCUT2D eigenvalue weighted by atomic mass is 9.73. The summed E-state index contributed by atoms with van der Waals surface area (Å²) in [5.74, 6) is -2.57. The van der Waals surface area contributed by atoms with Crippen LogP contribution in [-0.4, -0.2) is 59.9 Å². The molecule has 2 spiro atoms. The molecule has 5 aliphatic rings. The number of ether oxygens (including phenoxy) is 1. The van der Waals surface area contributed by atoms with Crippen LogP contribution in [-0.2, 0) is 28.7 Å². The van der Waals surface area contributed by atoms with E-state index < -0.39 is 35.0 Å². The quantitative estimate of drug-likeness (QED) is 0.350. The van der Waals surface area contributed by atoms with Gasteiger partial charge in [0.15, 0.2) is 5.78 Å². The molecule has 5 fully saturated rings. The number of carbonyl (C=O) groups is 5. The molecule has 228 valence electrons. The van der Waals surface area contributed by atoms with Crippen molar-refractivity contribution in [3.63, 3.8) is 0 Å². The summed E-state index contributed by atoms with van der Waals surface area (Å²) in [7, 11) is 0. The third-order valence-corrected chi connectivity index (χ3v) is 12.4. The summed E-state index contributed by atoms with van der Waals surface area (Å²) in [6.45, 7) is 12.2. The summed E-state index contributed by atoms with van der Waals surface area (Å²) in [5.41, 5.74) is 4.95. The Morgan fingerprint density at radius 3 is 2.05 bits per heavy atom. The number of ketones is 3. The van der Waals surface area contributed by atoms with Crippen molar-refractivity contribution in [3.8, 4) is 0 Å². The van der Waals surface area contributed by atoms with Gasteiger partial charge in [0.2, 0.25) is 11.7 Å². The van der Waals surface area contributed by atoms with Crippen LogP contribution in [0.2, 0.25) is 0 Å². The maximum absolute atomic E-state index is 14.5. The maximum Gasteiger partial charge on any atom is 0.285 e. The van der Waals surface area contributed by atoms with E-state index in [-0.39, 0.29) is 52.5 Å². The summed E-state index contributed by atoms with van der Waals surface area (Å²) in [4.78, 5) is 68.2. The van der Waals surface area contributed by atoms with Crippen molar-refractivity contribution in [1.29, 1.82) is 0 Å². The first-order valence-corrected chi connectivity index (χ1v) is 15.9. The van der Waals surface area contributed by atoms with Gasteiger partial charge in [-0.25, -0.2) is 0 Å². The summed E-state index contributed by atoms with van der Waals surface area (Å²) < 4.78 is 5.24. The van der Waals surface area contributed by atoms with E-state index in [9.17, 15) is 24.0 Å². The number of likely N-dealkylation sites (tertiary alicyclic amines) is 1. The lowest BCUT2D eigenvalue weighted by Gasteiger charge is -2.36. The Bertz CT molecular complexity index is 1110. The molecule has 2 aliphatic heterocycles. The second-order valence-corrected chi connectivity index (χ2v) is 15.7. The second kappa shape index (κ2) is 10.6. The minimum atomic E-state index is -0.988. The molecule has 4 atom stereocenters. The SMILES string of the molecule is CC(C)(C)[C@H](CC(=O)CC1COC1)C(=O)N1C[C@]2(C[C@H]1C(=O)CC(CC1CCC1)C(=O)C(N)=O)C(C)(C)C21CCC1. The van der Waals surface area contributed by atoms with Crippen LogP contribution in [0.1, 0.15) is 105 Å². The van der Waals surface area contributed by atoms with Gasteiger partial charge >= 0.3 is 0 Å². The lowest BCUT2D eigenvalue weighted by molar-refractivity contribution is -0.147. The van der Waals surface area contributed by atoms with E-state index in [1.165, 1.54) is 0 Å². The van der Waals surface area contributed by atoms with Gasteiger partial charge in [-0.2, -0.15) is 0 Å². The van der Waals surface area contributed by atoms with Crippen molar-refractivity contribution < 1.29 is 28.7 Å². The first-order chi connectivity index (χ1) is 19.1. The number of amides is 2. The minimum Gasteiger partial charge on any atom is -0.381 e. The largest absolute Gasteiger partial charge is 0.381 e.